The van der Waals surface area contributed by atoms with E-state index in [2.05, 4.69) is 26.6 Å². The molecule has 3 nitrogen and oxygen atoms in total. The average Bonchev–Trinajstić information content (AvgIpc) is 2.72. The van der Waals surface area contributed by atoms with Gasteiger partial charge in [0.1, 0.15) is 0 Å². The van der Waals surface area contributed by atoms with Crippen LogP contribution in [0, 0.1) is 6.92 Å². The molecular formula is C13H13BrN2OS. The molecule has 2 amide bonds. The average molecular weight is 325 g/mol. The Morgan fingerprint density at radius 2 is 2.22 bits per heavy atom. The zero-order valence-corrected chi connectivity index (χ0v) is 12.3. The number of thiophene rings is 1. The highest BCUT2D eigenvalue weighted by molar-refractivity contribution is 9.10. The fraction of sp³-hybridized carbons (Fsp3) is 0.154. The molecule has 0 fully saturated rings. The number of carbonyl (C=O) groups is 1. The van der Waals surface area contributed by atoms with Gasteiger partial charge in [-0.05, 0) is 42.1 Å². The molecule has 0 radical (unpaired) electrons. The molecule has 0 atom stereocenters. The van der Waals surface area contributed by atoms with E-state index in [4.69, 9.17) is 0 Å². The summed E-state index contributed by atoms with van der Waals surface area (Å²) < 4.78 is 0.939. The number of rotatable bonds is 3. The van der Waals surface area contributed by atoms with Crippen molar-refractivity contribution in [2.45, 2.75) is 13.5 Å². The van der Waals surface area contributed by atoms with Crippen molar-refractivity contribution in [3.8, 4) is 0 Å². The van der Waals surface area contributed by atoms with Crippen molar-refractivity contribution in [3.63, 3.8) is 0 Å². The lowest BCUT2D eigenvalue weighted by atomic mass is 10.3. The number of amides is 2. The first kappa shape index (κ1) is 13.1. The number of nitrogens with one attached hydrogen (secondary N) is 2. The molecule has 5 heteroatoms. The van der Waals surface area contributed by atoms with Crippen LogP contribution in [0.5, 0.6) is 0 Å². The van der Waals surface area contributed by atoms with Crippen LogP contribution >= 0.6 is 27.3 Å². The lowest BCUT2D eigenvalue weighted by molar-refractivity contribution is 0.252. The number of hydrogen-bond acceptors (Lipinski definition) is 2. The number of hydrogen-bond donors (Lipinski definition) is 2. The predicted octanol–water partition coefficient (Wildman–Crippen LogP) is 4.14. The van der Waals surface area contributed by atoms with Gasteiger partial charge in [-0.25, -0.2) is 4.79 Å². The van der Waals surface area contributed by atoms with E-state index >= 15 is 0 Å². The highest BCUT2D eigenvalue weighted by atomic mass is 79.9. The van der Waals surface area contributed by atoms with E-state index in [9.17, 15) is 4.79 Å². The molecular weight excluding hydrogens is 312 g/mol. The molecule has 0 bridgehead atoms. The fourth-order valence-corrected chi connectivity index (χ4v) is 2.73. The van der Waals surface area contributed by atoms with Crippen molar-refractivity contribution in [1.82, 2.24) is 5.32 Å². The SMILES string of the molecule is Cc1ccsc1CNC(=O)Nc1cccc(Br)c1. The van der Waals surface area contributed by atoms with E-state index in [-0.39, 0.29) is 6.03 Å². The van der Waals surface area contributed by atoms with E-state index in [1.54, 1.807) is 11.3 Å². The normalized spacial score (nSPS) is 10.1. The summed E-state index contributed by atoms with van der Waals surface area (Å²) in [7, 11) is 0. The maximum Gasteiger partial charge on any atom is 0.319 e. The van der Waals surface area contributed by atoms with Gasteiger partial charge in [0.2, 0.25) is 0 Å². The first-order valence-electron chi connectivity index (χ1n) is 5.48. The van der Waals surface area contributed by atoms with Crippen LogP contribution in [0.3, 0.4) is 0 Å². The van der Waals surface area contributed by atoms with Crippen molar-refractivity contribution < 1.29 is 4.79 Å². The van der Waals surface area contributed by atoms with Crippen LogP contribution < -0.4 is 10.6 Å². The van der Waals surface area contributed by atoms with Gasteiger partial charge in [-0.15, -0.1) is 11.3 Å². The molecule has 1 heterocycles. The first-order chi connectivity index (χ1) is 8.65. The molecule has 18 heavy (non-hydrogen) atoms. The van der Waals surface area contributed by atoms with Gasteiger partial charge in [-0.2, -0.15) is 0 Å². The second-order valence-corrected chi connectivity index (χ2v) is 5.76. The Hall–Kier alpha value is -1.33. The van der Waals surface area contributed by atoms with Gasteiger partial charge < -0.3 is 10.6 Å². The number of halogens is 1. The molecule has 0 aliphatic heterocycles. The van der Waals surface area contributed by atoms with Crippen LogP contribution in [0.1, 0.15) is 10.4 Å². The Kier molecular flexibility index (Phi) is 4.38. The van der Waals surface area contributed by atoms with E-state index in [1.807, 2.05) is 42.6 Å². The van der Waals surface area contributed by atoms with Crippen molar-refractivity contribution >= 4 is 39.0 Å². The number of anilines is 1. The van der Waals surface area contributed by atoms with Gasteiger partial charge in [0, 0.05) is 15.0 Å². The minimum absolute atomic E-state index is 0.194. The van der Waals surface area contributed by atoms with Gasteiger partial charge in [-0.3, -0.25) is 0 Å². The lowest BCUT2D eigenvalue weighted by Crippen LogP contribution is -2.28. The second kappa shape index (κ2) is 6.02. The van der Waals surface area contributed by atoms with Crippen LogP contribution in [0.25, 0.3) is 0 Å². The second-order valence-electron chi connectivity index (χ2n) is 3.84. The minimum Gasteiger partial charge on any atom is -0.333 e. The molecule has 0 aliphatic rings. The van der Waals surface area contributed by atoms with E-state index < -0.39 is 0 Å². The van der Waals surface area contributed by atoms with Gasteiger partial charge in [0.25, 0.3) is 0 Å². The summed E-state index contributed by atoms with van der Waals surface area (Å²) in [4.78, 5) is 12.9. The largest absolute Gasteiger partial charge is 0.333 e. The summed E-state index contributed by atoms with van der Waals surface area (Å²) in [6, 6.07) is 9.35. The smallest absolute Gasteiger partial charge is 0.319 e. The van der Waals surface area contributed by atoms with Crippen molar-refractivity contribution in [2.75, 3.05) is 5.32 Å². The quantitative estimate of drug-likeness (QED) is 0.875. The summed E-state index contributed by atoms with van der Waals surface area (Å²) in [6.07, 6.45) is 0. The fourth-order valence-electron chi connectivity index (χ4n) is 1.49. The maximum atomic E-state index is 11.7. The highest BCUT2D eigenvalue weighted by Crippen LogP contribution is 2.16. The molecule has 94 valence electrons. The van der Waals surface area contributed by atoms with Gasteiger partial charge >= 0.3 is 6.03 Å². The van der Waals surface area contributed by atoms with Crippen LogP contribution in [-0.4, -0.2) is 6.03 Å². The monoisotopic (exact) mass is 324 g/mol. The van der Waals surface area contributed by atoms with Gasteiger partial charge in [0.15, 0.2) is 0 Å². The van der Waals surface area contributed by atoms with Crippen LogP contribution in [0.2, 0.25) is 0 Å². The first-order valence-corrected chi connectivity index (χ1v) is 7.16. The Labute approximate surface area is 118 Å². The Bertz CT molecular complexity index is 553. The Balaban J connectivity index is 1.88. The number of benzene rings is 1. The number of urea groups is 1. The van der Waals surface area contributed by atoms with E-state index in [1.165, 1.54) is 10.4 Å². The number of carbonyl (C=O) groups excluding carboxylic acids is 1. The van der Waals surface area contributed by atoms with Crippen molar-refractivity contribution in [3.05, 3.63) is 50.6 Å². The Morgan fingerprint density at radius 3 is 2.89 bits per heavy atom. The van der Waals surface area contributed by atoms with Crippen molar-refractivity contribution in [1.29, 1.82) is 0 Å². The van der Waals surface area contributed by atoms with Gasteiger partial charge in [-0.1, -0.05) is 22.0 Å². The van der Waals surface area contributed by atoms with E-state index in [0.717, 1.165) is 10.2 Å². The molecule has 1 aromatic carbocycles. The van der Waals surface area contributed by atoms with Crippen molar-refractivity contribution in [2.24, 2.45) is 0 Å². The summed E-state index contributed by atoms with van der Waals surface area (Å²) in [5, 5.41) is 7.65. The summed E-state index contributed by atoms with van der Waals surface area (Å²) in [5.41, 5.74) is 1.98. The molecule has 0 unspecified atom stereocenters. The molecule has 0 saturated heterocycles. The molecule has 2 rings (SSSR count). The minimum atomic E-state index is -0.194. The van der Waals surface area contributed by atoms with Gasteiger partial charge in [0.05, 0.1) is 6.54 Å². The zero-order valence-electron chi connectivity index (χ0n) is 9.87. The summed E-state index contributed by atoms with van der Waals surface area (Å²) >= 11 is 5.01. The summed E-state index contributed by atoms with van der Waals surface area (Å²) in [5.74, 6) is 0. The molecule has 2 N–H and O–H groups in total. The maximum absolute atomic E-state index is 11.7. The summed E-state index contributed by atoms with van der Waals surface area (Å²) in [6.45, 7) is 2.60. The third-order valence-electron chi connectivity index (χ3n) is 2.46. The van der Waals surface area contributed by atoms with Crippen LogP contribution in [0.4, 0.5) is 10.5 Å². The lowest BCUT2D eigenvalue weighted by Gasteiger charge is -2.07. The molecule has 1 aromatic heterocycles. The number of aryl methyl sites for hydroxylation is 1. The molecule has 2 aromatic rings. The Morgan fingerprint density at radius 1 is 1.39 bits per heavy atom. The third-order valence-corrected chi connectivity index (χ3v) is 3.98. The molecule has 0 spiro atoms. The third kappa shape index (κ3) is 3.58. The van der Waals surface area contributed by atoms with E-state index in [0.29, 0.717) is 6.54 Å². The van der Waals surface area contributed by atoms with Crippen LogP contribution in [0.15, 0.2) is 40.2 Å². The topological polar surface area (TPSA) is 41.1 Å². The standard InChI is InChI=1S/C13H13BrN2OS/c1-9-5-6-18-12(9)8-15-13(17)16-11-4-2-3-10(14)7-11/h2-7H,8H2,1H3,(H2,15,16,17). The highest BCUT2D eigenvalue weighted by Gasteiger charge is 2.04. The predicted molar refractivity (Wildman–Crippen MR) is 79.1 cm³/mol. The van der Waals surface area contributed by atoms with Crippen LogP contribution in [-0.2, 0) is 6.54 Å². The molecule has 0 saturated carbocycles. The molecule has 0 aliphatic carbocycles. The zero-order chi connectivity index (χ0) is 13.0.